The van der Waals surface area contributed by atoms with Gasteiger partial charge in [-0.05, 0) is 24.3 Å². The first kappa shape index (κ1) is 15.6. The zero-order valence-corrected chi connectivity index (χ0v) is 14.3. The molecule has 0 aliphatic rings. The third-order valence-corrected chi connectivity index (χ3v) is 5.48. The topological polar surface area (TPSA) is 63.2 Å². The fourth-order valence-electron chi connectivity index (χ4n) is 2.05. The van der Waals surface area contributed by atoms with Crippen LogP contribution < -0.4 is 4.31 Å². The van der Waals surface area contributed by atoms with Crippen molar-refractivity contribution in [3.63, 3.8) is 0 Å². The van der Waals surface area contributed by atoms with E-state index in [1.54, 1.807) is 18.3 Å². The number of hydrogen-bond donors (Lipinski definition) is 0. The highest BCUT2D eigenvalue weighted by Crippen LogP contribution is 2.29. The second-order valence-electron chi connectivity index (χ2n) is 5.03. The molecule has 0 aliphatic heterocycles. The van der Waals surface area contributed by atoms with Crippen LogP contribution >= 0.6 is 11.3 Å². The van der Waals surface area contributed by atoms with Crippen molar-refractivity contribution >= 4 is 27.0 Å². The summed E-state index contributed by atoms with van der Waals surface area (Å²) in [6.07, 6.45) is 2.92. The largest absolute Gasteiger partial charge is 0.274 e. The summed E-state index contributed by atoms with van der Waals surface area (Å²) >= 11 is 1.53. The summed E-state index contributed by atoms with van der Waals surface area (Å²) in [5.41, 5.74) is 3.26. The molecule has 2 heterocycles. The summed E-state index contributed by atoms with van der Waals surface area (Å²) in [6, 6.07) is 13.0. The molecule has 0 bridgehead atoms. The normalized spacial score (nSPS) is 11.4. The monoisotopic (exact) mass is 345 g/mol. The fourth-order valence-corrected chi connectivity index (χ4v) is 3.36. The molecular formula is C16H15N3O2S2. The van der Waals surface area contributed by atoms with Crippen molar-refractivity contribution in [3.8, 4) is 22.0 Å². The molecule has 1 aromatic carbocycles. The Morgan fingerprint density at radius 1 is 1.04 bits per heavy atom. The highest BCUT2D eigenvalue weighted by molar-refractivity contribution is 7.92. The van der Waals surface area contributed by atoms with Gasteiger partial charge in [0.25, 0.3) is 0 Å². The number of anilines is 1. The molecule has 0 atom stereocenters. The predicted molar refractivity (Wildman–Crippen MR) is 94.0 cm³/mol. The first-order valence-corrected chi connectivity index (χ1v) is 9.59. The maximum absolute atomic E-state index is 11.6. The van der Waals surface area contributed by atoms with Crippen LogP contribution in [0.3, 0.4) is 0 Å². The molecule has 0 fully saturated rings. The van der Waals surface area contributed by atoms with Gasteiger partial charge in [0, 0.05) is 24.2 Å². The molecule has 118 valence electrons. The molecule has 0 spiro atoms. The Kier molecular flexibility index (Phi) is 4.14. The van der Waals surface area contributed by atoms with Crippen molar-refractivity contribution in [3.05, 3.63) is 54.0 Å². The van der Waals surface area contributed by atoms with Crippen LogP contribution in [0.1, 0.15) is 0 Å². The molecule has 3 rings (SSSR count). The lowest BCUT2D eigenvalue weighted by Gasteiger charge is -2.16. The van der Waals surface area contributed by atoms with Crippen LogP contribution in [0.2, 0.25) is 0 Å². The Hall–Kier alpha value is -2.25. The van der Waals surface area contributed by atoms with E-state index in [0.29, 0.717) is 5.69 Å². The molecule has 5 nitrogen and oxygen atoms in total. The number of benzene rings is 1. The summed E-state index contributed by atoms with van der Waals surface area (Å²) < 4.78 is 24.4. The lowest BCUT2D eigenvalue weighted by Crippen LogP contribution is -2.24. The number of rotatable bonds is 4. The van der Waals surface area contributed by atoms with Crippen molar-refractivity contribution in [1.29, 1.82) is 0 Å². The van der Waals surface area contributed by atoms with Crippen LogP contribution in [0, 0.1) is 0 Å². The molecule has 0 saturated carbocycles. The minimum atomic E-state index is -3.25. The lowest BCUT2D eigenvalue weighted by molar-refractivity contribution is 0.600. The highest BCUT2D eigenvalue weighted by Gasteiger charge is 2.12. The molecule has 23 heavy (non-hydrogen) atoms. The standard InChI is InChI=1S/C16H15N3O2S2/c1-19(23(2,20)21)13-8-6-12(7-9-13)15-11-22-16(18-15)14-5-3-4-10-17-14/h3-11H,1-2H3. The zero-order valence-electron chi connectivity index (χ0n) is 12.7. The molecule has 0 unspecified atom stereocenters. The molecule has 3 aromatic rings. The third-order valence-electron chi connectivity index (χ3n) is 3.41. The van der Waals surface area contributed by atoms with Crippen LogP contribution in [0.25, 0.3) is 22.0 Å². The van der Waals surface area contributed by atoms with Crippen LogP contribution in [-0.4, -0.2) is 31.7 Å². The zero-order chi connectivity index (χ0) is 16.4. The van der Waals surface area contributed by atoms with Crippen molar-refractivity contribution in [1.82, 2.24) is 9.97 Å². The van der Waals surface area contributed by atoms with Crippen LogP contribution in [0.15, 0.2) is 54.0 Å². The Balaban J connectivity index is 1.88. The number of thiazole rings is 1. The van der Waals surface area contributed by atoms with Gasteiger partial charge in [0.05, 0.1) is 23.3 Å². The van der Waals surface area contributed by atoms with Crippen LogP contribution in [0.4, 0.5) is 5.69 Å². The van der Waals surface area contributed by atoms with Gasteiger partial charge in [-0.15, -0.1) is 11.3 Å². The number of aromatic nitrogens is 2. The maximum atomic E-state index is 11.6. The average Bonchev–Trinajstić information content (AvgIpc) is 3.04. The van der Waals surface area contributed by atoms with E-state index in [0.717, 1.165) is 22.0 Å². The Labute approximate surface area is 139 Å². The minimum absolute atomic E-state index is 0.622. The first-order chi connectivity index (χ1) is 10.9. The van der Waals surface area contributed by atoms with Gasteiger partial charge in [-0.25, -0.2) is 13.4 Å². The molecular weight excluding hydrogens is 330 g/mol. The van der Waals surface area contributed by atoms with Gasteiger partial charge in [-0.2, -0.15) is 0 Å². The molecule has 0 aliphatic carbocycles. The predicted octanol–water partition coefficient (Wildman–Crippen LogP) is 3.27. The number of pyridine rings is 1. The number of sulfonamides is 1. The van der Waals surface area contributed by atoms with Crippen LogP contribution in [0.5, 0.6) is 0 Å². The summed E-state index contributed by atoms with van der Waals surface area (Å²) in [4.78, 5) is 8.89. The second kappa shape index (κ2) is 6.10. The smallest absolute Gasteiger partial charge is 0.231 e. The van der Waals surface area contributed by atoms with E-state index >= 15 is 0 Å². The highest BCUT2D eigenvalue weighted by atomic mass is 32.2. The fraction of sp³-hybridized carbons (Fsp3) is 0.125. The molecule has 0 amide bonds. The average molecular weight is 345 g/mol. The summed E-state index contributed by atoms with van der Waals surface area (Å²) in [5, 5.41) is 2.83. The van der Waals surface area contributed by atoms with E-state index in [9.17, 15) is 8.42 Å². The van der Waals surface area contributed by atoms with E-state index < -0.39 is 10.0 Å². The van der Waals surface area contributed by atoms with E-state index in [2.05, 4.69) is 9.97 Å². The Morgan fingerprint density at radius 2 is 1.78 bits per heavy atom. The van der Waals surface area contributed by atoms with E-state index in [1.165, 1.54) is 28.9 Å². The van der Waals surface area contributed by atoms with E-state index in [-0.39, 0.29) is 0 Å². The van der Waals surface area contributed by atoms with E-state index in [1.807, 2.05) is 35.7 Å². The third kappa shape index (κ3) is 3.40. The van der Waals surface area contributed by atoms with Gasteiger partial charge in [0.15, 0.2) is 0 Å². The van der Waals surface area contributed by atoms with Gasteiger partial charge in [-0.1, -0.05) is 18.2 Å². The molecule has 0 N–H and O–H groups in total. The minimum Gasteiger partial charge on any atom is -0.274 e. The molecule has 7 heteroatoms. The summed E-state index contributed by atoms with van der Waals surface area (Å²) in [6.45, 7) is 0. The van der Waals surface area contributed by atoms with Gasteiger partial charge in [0.1, 0.15) is 5.01 Å². The van der Waals surface area contributed by atoms with Gasteiger partial charge >= 0.3 is 0 Å². The second-order valence-corrected chi connectivity index (χ2v) is 7.90. The Bertz CT molecular complexity index is 904. The van der Waals surface area contributed by atoms with Crippen molar-refractivity contribution in [2.75, 3.05) is 17.6 Å². The van der Waals surface area contributed by atoms with Gasteiger partial charge in [0.2, 0.25) is 10.0 Å². The van der Waals surface area contributed by atoms with Crippen molar-refractivity contribution < 1.29 is 8.42 Å². The summed E-state index contributed by atoms with van der Waals surface area (Å²) in [5.74, 6) is 0. The quantitative estimate of drug-likeness (QED) is 0.728. The first-order valence-electron chi connectivity index (χ1n) is 6.86. The van der Waals surface area contributed by atoms with Crippen molar-refractivity contribution in [2.24, 2.45) is 0 Å². The molecule has 2 aromatic heterocycles. The van der Waals surface area contributed by atoms with Gasteiger partial charge in [-0.3, -0.25) is 9.29 Å². The van der Waals surface area contributed by atoms with Gasteiger partial charge < -0.3 is 0 Å². The number of hydrogen-bond acceptors (Lipinski definition) is 5. The van der Waals surface area contributed by atoms with Crippen molar-refractivity contribution in [2.45, 2.75) is 0 Å². The Morgan fingerprint density at radius 3 is 2.39 bits per heavy atom. The van der Waals surface area contributed by atoms with E-state index in [4.69, 9.17) is 0 Å². The molecule has 0 saturated heterocycles. The summed E-state index contributed by atoms with van der Waals surface area (Å²) in [7, 11) is -1.72. The maximum Gasteiger partial charge on any atom is 0.231 e. The van der Waals surface area contributed by atoms with Crippen LogP contribution in [-0.2, 0) is 10.0 Å². The SMILES string of the molecule is CN(c1ccc(-c2csc(-c3ccccn3)n2)cc1)S(C)(=O)=O. The lowest BCUT2D eigenvalue weighted by atomic mass is 10.1. The number of nitrogens with zero attached hydrogens (tertiary/aromatic N) is 3. The molecule has 0 radical (unpaired) electrons.